The Labute approximate surface area is 126 Å². The van der Waals surface area contributed by atoms with Gasteiger partial charge in [0.05, 0.1) is 17.4 Å². The van der Waals surface area contributed by atoms with E-state index in [1.165, 1.54) is 12.1 Å². The van der Waals surface area contributed by atoms with Crippen molar-refractivity contribution < 1.29 is 24.6 Å². The third-order valence-corrected chi connectivity index (χ3v) is 3.84. The van der Waals surface area contributed by atoms with Gasteiger partial charge in [-0.2, -0.15) is 0 Å². The zero-order valence-electron chi connectivity index (χ0n) is 9.83. The van der Waals surface area contributed by atoms with E-state index in [0.29, 0.717) is 26.7 Å². The summed E-state index contributed by atoms with van der Waals surface area (Å²) in [5.41, 5.74) is 0.346. The molecule has 104 valence electrons. The van der Waals surface area contributed by atoms with Gasteiger partial charge in [0, 0.05) is 10.0 Å². The molecular formula is C12H7BrNO5S-. The number of phenolic OH excluding ortho intramolecular Hbond substituents is 1. The second-order valence-corrected chi connectivity index (χ2v) is 5.75. The Morgan fingerprint density at radius 1 is 1.45 bits per heavy atom. The maximum absolute atomic E-state index is 11.9. The molecule has 0 spiro atoms. The summed E-state index contributed by atoms with van der Waals surface area (Å²) in [5, 5.41) is 19.5. The Balaban J connectivity index is 2.32. The van der Waals surface area contributed by atoms with Gasteiger partial charge in [-0.3, -0.25) is 14.5 Å². The van der Waals surface area contributed by atoms with E-state index in [0.717, 1.165) is 0 Å². The Morgan fingerprint density at radius 2 is 2.15 bits per heavy atom. The minimum absolute atomic E-state index is 0.0460. The number of rotatable bonds is 3. The van der Waals surface area contributed by atoms with Gasteiger partial charge in [-0.15, -0.1) is 0 Å². The highest BCUT2D eigenvalue weighted by Gasteiger charge is 2.35. The van der Waals surface area contributed by atoms with E-state index in [2.05, 4.69) is 15.9 Å². The summed E-state index contributed by atoms with van der Waals surface area (Å²) in [6.45, 7) is -0.785. The number of carboxylic acids is 1. The molecule has 1 fully saturated rings. The lowest BCUT2D eigenvalue weighted by atomic mass is 10.2. The number of imide groups is 1. The molecule has 0 bridgehead atoms. The van der Waals surface area contributed by atoms with Crippen LogP contribution >= 0.6 is 27.7 Å². The largest absolute Gasteiger partial charge is 0.548 e. The molecule has 0 saturated carbocycles. The highest BCUT2D eigenvalue weighted by Crippen LogP contribution is 2.34. The molecule has 0 unspecified atom stereocenters. The summed E-state index contributed by atoms with van der Waals surface area (Å²) in [7, 11) is 0. The Bertz CT molecular complexity index is 643. The highest BCUT2D eigenvalue weighted by atomic mass is 79.9. The van der Waals surface area contributed by atoms with Crippen molar-refractivity contribution in [1.29, 1.82) is 0 Å². The van der Waals surface area contributed by atoms with Crippen LogP contribution in [-0.4, -0.2) is 33.7 Å². The van der Waals surface area contributed by atoms with E-state index in [9.17, 15) is 24.6 Å². The average molecular weight is 357 g/mol. The lowest BCUT2D eigenvalue weighted by molar-refractivity contribution is -0.305. The standard InChI is InChI=1S/C12H8BrNO5S/c13-7-1-2-8(15)6(3-7)4-9-11(18)14(5-10(16)17)12(19)20-9/h1-4,15H,5H2,(H,16,17)/p-1/b9-4+. The summed E-state index contributed by atoms with van der Waals surface area (Å²) in [4.78, 5) is 34.5. The molecule has 1 N–H and O–H groups in total. The zero-order valence-corrected chi connectivity index (χ0v) is 12.2. The molecule has 0 aliphatic carbocycles. The smallest absolute Gasteiger partial charge is 0.293 e. The summed E-state index contributed by atoms with van der Waals surface area (Å²) in [6.07, 6.45) is 1.33. The maximum atomic E-state index is 11.9. The Hall–Kier alpha value is -1.80. The van der Waals surface area contributed by atoms with Crippen molar-refractivity contribution in [2.75, 3.05) is 6.54 Å². The number of hydrogen-bond donors (Lipinski definition) is 1. The van der Waals surface area contributed by atoms with Gasteiger partial charge in [0.15, 0.2) is 0 Å². The predicted molar refractivity (Wildman–Crippen MR) is 73.5 cm³/mol. The van der Waals surface area contributed by atoms with Gasteiger partial charge < -0.3 is 15.0 Å². The van der Waals surface area contributed by atoms with Crippen molar-refractivity contribution in [2.24, 2.45) is 0 Å². The molecule has 0 atom stereocenters. The van der Waals surface area contributed by atoms with Crippen LogP contribution in [-0.2, 0) is 9.59 Å². The molecule has 0 radical (unpaired) electrons. The number of aliphatic carboxylic acids is 1. The van der Waals surface area contributed by atoms with Gasteiger partial charge in [0.2, 0.25) is 0 Å². The number of aromatic hydroxyl groups is 1. The van der Waals surface area contributed by atoms with Gasteiger partial charge in [-0.1, -0.05) is 15.9 Å². The molecule has 1 aromatic rings. The number of benzene rings is 1. The second-order valence-electron chi connectivity index (χ2n) is 3.84. The topological polar surface area (TPSA) is 97.7 Å². The predicted octanol–water partition coefficient (Wildman–Crippen LogP) is 0.941. The van der Waals surface area contributed by atoms with E-state index in [4.69, 9.17) is 0 Å². The molecule has 1 saturated heterocycles. The number of carbonyl (C=O) groups is 3. The van der Waals surface area contributed by atoms with Crippen LogP contribution in [0.25, 0.3) is 6.08 Å². The maximum Gasteiger partial charge on any atom is 0.293 e. The van der Waals surface area contributed by atoms with Crippen LogP contribution in [0.2, 0.25) is 0 Å². The lowest BCUT2D eigenvalue weighted by Gasteiger charge is -2.12. The van der Waals surface area contributed by atoms with E-state index in [1.54, 1.807) is 12.1 Å². The van der Waals surface area contributed by atoms with Crippen molar-refractivity contribution in [3.63, 3.8) is 0 Å². The molecular weight excluding hydrogens is 350 g/mol. The molecule has 1 aliphatic rings. The normalized spacial score (nSPS) is 17.1. The lowest BCUT2D eigenvalue weighted by Crippen LogP contribution is -2.40. The number of amides is 2. The first-order valence-electron chi connectivity index (χ1n) is 5.32. The van der Waals surface area contributed by atoms with Crippen molar-refractivity contribution in [1.82, 2.24) is 4.90 Å². The number of hydrogen-bond acceptors (Lipinski definition) is 6. The molecule has 2 rings (SSSR count). The van der Waals surface area contributed by atoms with Gasteiger partial charge in [-0.25, -0.2) is 0 Å². The number of phenols is 1. The molecule has 1 aromatic carbocycles. The summed E-state index contributed by atoms with van der Waals surface area (Å²) >= 11 is 3.84. The van der Waals surface area contributed by atoms with Crippen molar-refractivity contribution in [3.8, 4) is 5.75 Å². The monoisotopic (exact) mass is 356 g/mol. The fourth-order valence-corrected chi connectivity index (χ4v) is 2.76. The molecule has 2 amide bonds. The number of carbonyl (C=O) groups excluding carboxylic acids is 3. The first-order valence-corrected chi connectivity index (χ1v) is 6.93. The van der Waals surface area contributed by atoms with Gasteiger partial charge in [0.1, 0.15) is 5.75 Å². The zero-order chi connectivity index (χ0) is 14.9. The van der Waals surface area contributed by atoms with Crippen molar-refractivity contribution >= 4 is 50.9 Å². The number of halogens is 1. The van der Waals surface area contributed by atoms with Gasteiger partial charge in [-0.05, 0) is 36.0 Å². The third-order valence-electron chi connectivity index (χ3n) is 2.44. The van der Waals surface area contributed by atoms with Gasteiger partial charge in [0.25, 0.3) is 11.1 Å². The van der Waals surface area contributed by atoms with E-state index in [-0.39, 0.29) is 10.7 Å². The van der Waals surface area contributed by atoms with Gasteiger partial charge >= 0.3 is 0 Å². The van der Waals surface area contributed by atoms with Crippen LogP contribution in [0.5, 0.6) is 5.75 Å². The van der Waals surface area contributed by atoms with Crippen LogP contribution in [0, 0.1) is 0 Å². The Kier molecular flexibility index (Phi) is 4.15. The number of nitrogens with zero attached hydrogens (tertiary/aromatic N) is 1. The SMILES string of the molecule is O=C([O-])CN1C(=O)S/C(=C/c2cc(Br)ccc2O)C1=O. The summed E-state index contributed by atoms with van der Waals surface area (Å²) in [6, 6.07) is 4.62. The van der Waals surface area contributed by atoms with E-state index < -0.39 is 23.7 Å². The fraction of sp³-hybridized carbons (Fsp3) is 0.0833. The first kappa shape index (κ1) is 14.6. The number of thioether (sulfide) groups is 1. The molecule has 1 heterocycles. The summed E-state index contributed by atoms with van der Waals surface area (Å²) in [5.74, 6) is -2.29. The van der Waals surface area contributed by atoms with E-state index in [1.807, 2.05) is 0 Å². The van der Waals surface area contributed by atoms with Crippen LogP contribution in [0.1, 0.15) is 5.56 Å². The minimum atomic E-state index is -1.51. The molecule has 1 aliphatic heterocycles. The summed E-state index contributed by atoms with van der Waals surface area (Å²) < 4.78 is 0.690. The molecule has 0 aromatic heterocycles. The van der Waals surface area contributed by atoms with Crippen LogP contribution < -0.4 is 5.11 Å². The quantitative estimate of drug-likeness (QED) is 0.809. The average Bonchev–Trinajstić information content (AvgIpc) is 2.61. The molecule has 8 heteroatoms. The van der Waals surface area contributed by atoms with E-state index >= 15 is 0 Å². The highest BCUT2D eigenvalue weighted by molar-refractivity contribution is 9.10. The van der Waals surface area contributed by atoms with Crippen LogP contribution in [0.4, 0.5) is 4.79 Å². The van der Waals surface area contributed by atoms with Crippen LogP contribution in [0.15, 0.2) is 27.6 Å². The van der Waals surface area contributed by atoms with Crippen molar-refractivity contribution in [3.05, 3.63) is 33.1 Å². The molecule has 20 heavy (non-hydrogen) atoms. The van der Waals surface area contributed by atoms with Crippen molar-refractivity contribution in [2.45, 2.75) is 0 Å². The Morgan fingerprint density at radius 3 is 2.80 bits per heavy atom. The fourth-order valence-electron chi connectivity index (χ4n) is 1.55. The third kappa shape index (κ3) is 3.02. The molecule has 6 nitrogen and oxygen atoms in total. The van der Waals surface area contributed by atoms with Crippen LogP contribution in [0.3, 0.4) is 0 Å². The second kappa shape index (κ2) is 5.68. The number of carboxylic acid groups (broad SMARTS) is 1. The first-order chi connectivity index (χ1) is 9.38. The minimum Gasteiger partial charge on any atom is -0.548 e.